The highest BCUT2D eigenvalue weighted by Crippen LogP contribution is 2.30. The van der Waals surface area contributed by atoms with Gasteiger partial charge in [0.1, 0.15) is 11.6 Å². The molecule has 1 saturated heterocycles. The average molecular weight is 454 g/mol. The lowest BCUT2D eigenvalue weighted by Crippen LogP contribution is -2.36. The Morgan fingerprint density at radius 3 is 3.00 bits per heavy atom. The highest BCUT2D eigenvalue weighted by Gasteiger charge is 2.35. The van der Waals surface area contributed by atoms with Crippen molar-refractivity contribution in [2.75, 3.05) is 38.1 Å². The molecule has 4 rings (SSSR count). The number of fused-ring (bicyclic) bond motifs is 1. The van der Waals surface area contributed by atoms with Gasteiger partial charge in [-0.2, -0.15) is 0 Å². The molecule has 2 aromatic heterocycles. The first-order chi connectivity index (χ1) is 16.0. The number of ether oxygens (including phenoxy) is 1. The van der Waals surface area contributed by atoms with Crippen molar-refractivity contribution in [2.24, 2.45) is 0 Å². The Morgan fingerprint density at radius 2 is 2.18 bits per heavy atom. The molecule has 1 atom stereocenters. The van der Waals surface area contributed by atoms with Crippen LogP contribution >= 0.6 is 0 Å². The topological polar surface area (TPSA) is 108 Å². The summed E-state index contributed by atoms with van der Waals surface area (Å²) in [4.78, 5) is 37.0. The maximum absolute atomic E-state index is 13.1. The van der Waals surface area contributed by atoms with Crippen molar-refractivity contribution in [3.8, 4) is 5.75 Å². The second-order valence-corrected chi connectivity index (χ2v) is 8.41. The van der Waals surface area contributed by atoms with Crippen molar-refractivity contribution in [1.82, 2.24) is 19.8 Å². The zero-order valence-corrected chi connectivity index (χ0v) is 19.0. The van der Waals surface area contributed by atoms with Gasteiger partial charge < -0.3 is 25.0 Å². The maximum Gasteiger partial charge on any atom is 0.320 e. The van der Waals surface area contributed by atoms with E-state index in [0.717, 1.165) is 43.7 Å². The van der Waals surface area contributed by atoms with Crippen LogP contribution in [0.2, 0.25) is 0 Å². The fourth-order valence-corrected chi connectivity index (χ4v) is 4.49. The van der Waals surface area contributed by atoms with Gasteiger partial charge in [-0.1, -0.05) is 6.07 Å². The number of carboxylic acids is 1. The summed E-state index contributed by atoms with van der Waals surface area (Å²) in [5, 5.41) is 12.8. The minimum atomic E-state index is -0.958. The first-order valence-electron chi connectivity index (χ1n) is 11.6. The normalized spacial score (nSPS) is 16.3. The lowest BCUT2D eigenvalue weighted by molar-refractivity contribution is -0.138. The van der Waals surface area contributed by atoms with Crippen LogP contribution < -0.4 is 10.1 Å². The van der Waals surface area contributed by atoms with Crippen LogP contribution in [0.25, 0.3) is 0 Å². The van der Waals surface area contributed by atoms with Crippen LogP contribution in [0.1, 0.15) is 49.0 Å². The quantitative estimate of drug-likeness (QED) is 0.569. The summed E-state index contributed by atoms with van der Waals surface area (Å²) in [7, 11) is 0. The Kier molecular flexibility index (Phi) is 7.26. The van der Waals surface area contributed by atoms with Crippen molar-refractivity contribution in [3.63, 3.8) is 0 Å². The van der Waals surface area contributed by atoms with Crippen LogP contribution in [0.5, 0.6) is 5.75 Å². The summed E-state index contributed by atoms with van der Waals surface area (Å²) in [6.07, 6.45) is 6.82. The third-order valence-electron chi connectivity index (χ3n) is 6.11. The van der Waals surface area contributed by atoms with E-state index in [9.17, 15) is 14.7 Å². The van der Waals surface area contributed by atoms with Gasteiger partial charge in [0.05, 0.1) is 25.3 Å². The second-order valence-electron chi connectivity index (χ2n) is 8.41. The molecule has 9 nitrogen and oxygen atoms in total. The molecule has 1 fully saturated rings. The number of carboxylic acid groups (broad SMARTS) is 1. The molecule has 0 aliphatic carbocycles. The number of carbonyl (C=O) groups excluding carboxylic acids is 1. The van der Waals surface area contributed by atoms with Crippen molar-refractivity contribution < 1.29 is 19.4 Å². The number of urea groups is 1. The number of rotatable bonds is 10. The molecule has 2 aromatic rings. The molecule has 2 aliphatic heterocycles. The minimum absolute atomic E-state index is 0.136. The summed E-state index contributed by atoms with van der Waals surface area (Å²) in [6.45, 7) is 4.99. The number of nitrogens with one attached hydrogen (secondary N) is 1. The minimum Gasteiger partial charge on any atom is -0.492 e. The Bertz CT molecular complexity index is 999. The molecule has 0 radical (unpaired) electrons. The molecule has 0 bridgehead atoms. The lowest BCUT2D eigenvalue weighted by atomic mass is 10.0. The Balaban J connectivity index is 1.38. The fraction of sp³-hybridized carbons (Fsp3) is 0.500. The number of pyridine rings is 2. The first kappa shape index (κ1) is 22.8. The molecule has 0 aromatic carbocycles. The zero-order valence-electron chi connectivity index (χ0n) is 19.0. The van der Waals surface area contributed by atoms with E-state index in [1.54, 1.807) is 28.3 Å². The first-order valence-corrected chi connectivity index (χ1v) is 11.6. The van der Waals surface area contributed by atoms with Crippen molar-refractivity contribution in [3.05, 3.63) is 47.4 Å². The molecule has 0 spiro atoms. The largest absolute Gasteiger partial charge is 0.492 e. The number of carbonyl (C=O) groups is 2. The standard InChI is InChI=1S/C24H31N5O4/c1-2-33-20-13-18(15-25-16-20)21(14-22(30)31)29-12-11-28(24(29)32)10-4-6-19-8-7-17-5-3-9-26-23(17)27-19/h7-8,13,15-16,21H,2-6,9-12,14H2,1H3,(H,26,27)(H,30,31)/t21-/m0/s1. The third-order valence-corrected chi connectivity index (χ3v) is 6.11. The van der Waals surface area contributed by atoms with Gasteiger partial charge in [0.15, 0.2) is 0 Å². The predicted molar refractivity (Wildman–Crippen MR) is 123 cm³/mol. The number of hydrogen-bond acceptors (Lipinski definition) is 6. The van der Waals surface area contributed by atoms with Gasteiger partial charge in [0.2, 0.25) is 0 Å². The van der Waals surface area contributed by atoms with Crippen molar-refractivity contribution in [1.29, 1.82) is 0 Å². The van der Waals surface area contributed by atoms with E-state index in [-0.39, 0.29) is 12.5 Å². The predicted octanol–water partition coefficient (Wildman–Crippen LogP) is 3.12. The number of nitrogens with zero attached hydrogens (tertiary/aromatic N) is 4. The van der Waals surface area contributed by atoms with Gasteiger partial charge in [0.25, 0.3) is 0 Å². The summed E-state index contributed by atoms with van der Waals surface area (Å²) < 4.78 is 5.51. The van der Waals surface area contributed by atoms with Gasteiger partial charge in [-0.25, -0.2) is 9.78 Å². The van der Waals surface area contributed by atoms with Crippen LogP contribution in [0, 0.1) is 0 Å². The fourth-order valence-electron chi connectivity index (χ4n) is 4.49. The molecular formula is C24H31N5O4. The van der Waals surface area contributed by atoms with Gasteiger partial charge >= 0.3 is 12.0 Å². The second kappa shape index (κ2) is 10.5. The van der Waals surface area contributed by atoms with Crippen LogP contribution in [0.15, 0.2) is 30.6 Å². The van der Waals surface area contributed by atoms with Crippen LogP contribution in [0.4, 0.5) is 10.6 Å². The summed E-state index contributed by atoms with van der Waals surface area (Å²) >= 11 is 0. The van der Waals surface area contributed by atoms with Gasteiger partial charge in [-0.3, -0.25) is 9.78 Å². The van der Waals surface area contributed by atoms with Crippen LogP contribution in [0.3, 0.4) is 0 Å². The van der Waals surface area contributed by atoms with E-state index in [2.05, 4.69) is 22.4 Å². The van der Waals surface area contributed by atoms with E-state index < -0.39 is 12.0 Å². The number of anilines is 1. The van der Waals surface area contributed by atoms with Crippen LogP contribution in [-0.2, 0) is 17.6 Å². The Hall–Kier alpha value is -3.36. The Morgan fingerprint density at radius 1 is 1.30 bits per heavy atom. The van der Waals surface area contributed by atoms with Gasteiger partial charge in [-0.15, -0.1) is 0 Å². The number of hydrogen-bond donors (Lipinski definition) is 2. The molecule has 4 heterocycles. The van der Waals surface area contributed by atoms with Crippen molar-refractivity contribution >= 4 is 17.8 Å². The van der Waals surface area contributed by atoms with E-state index in [1.165, 1.54) is 5.56 Å². The summed E-state index contributed by atoms with van der Waals surface area (Å²) in [6, 6.07) is 5.28. The number of aromatic nitrogens is 2. The molecule has 0 saturated carbocycles. The third kappa shape index (κ3) is 5.53. The maximum atomic E-state index is 13.1. The van der Waals surface area contributed by atoms with E-state index in [1.807, 2.05) is 6.92 Å². The summed E-state index contributed by atoms with van der Waals surface area (Å²) in [5.41, 5.74) is 2.96. The lowest BCUT2D eigenvalue weighted by Gasteiger charge is -2.27. The monoisotopic (exact) mass is 453 g/mol. The van der Waals surface area contributed by atoms with Gasteiger partial charge in [-0.05, 0) is 55.9 Å². The van der Waals surface area contributed by atoms with Crippen LogP contribution in [-0.4, -0.2) is 69.7 Å². The highest BCUT2D eigenvalue weighted by molar-refractivity contribution is 5.78. The molecular weight excluding hydrogens is 422 g/mol. The van der Waals surface area contributed by atoms with Gasteiger partial charge in [0, 0.05) is 38.1 Å². The molecule has 9 heteroatoms. The van der Waals surface area contributed by atoms with E-state index in [4.69, 9.17) is 9.72 Å². The molecule has 2 aliphatic rings. The molecule has 2 N–H and O–H groups in total. The smallest absolute Gasteiger partial charge is 0.320 e. The number of amides is 2. The molecule has 0 unspecified atom stereocenters. The Labute approximate surface area is 193 Å². The number of aliphatic carboxylic acids is 1. The zero-order chi connectivity index (χ0) is 23.2. The van der Waals surface area contributed by atoms with E-state index >= 15 is 0 Å². The number of aryl methyl sites for hydroxylation is 2. The molecule has 2 amide bonds. The summed E-state index contributed by atoms with van der Waals surface area (Å²) in [5.74, 6) is 0.600. The van der Waals surface area contributed by atoms with Crippen molar-refractivity contribution in [2.45, 2.75) is 45.1 Å². The highest BCUT2D eigenvalue weighted by atomic mass is 16.5. The van der Waals surface area contributed by atoms with E-state index in [0.29, 0.717) is 37.6 Å². The average Bonchev–Trinajstić information content (AvgIpc) is 3.17. The SMILES string of the molecule is CCOc1cncc([C@H](CC(=O)O)N2CCN(CCCc3ccc4c(n3)NCCC4)C2=O)c1. The molecule has 176 valence electrons. The molecule has 33 heavy (non-hydrogen) atoms.